The first-order chi connectivity index (χ1) is 6.25. The van der Waals surface area contributed by atoms with Crippen molar-refractivity contribution in [2.45, 2.75) is 19.4 Å². The van der Waals surface area contributed by atoms with Gasteiger partial charge in [-0.25, -0.2) is 0 Å². The van der Waals surface area contributed by atoms with Crippen LogP contribution in [-0.4, -0.2) is 13.7 Å². The summed E-state index contributed by atoms with van der Waals surface area (Å²) < 4.78 is 5.03. The average molecular weight is 199 g/mol. The third-order valence-corrected chi connectivity index (χ3v) is 3.02. The minimum Gasteiger partial charge on any atom is -0.385 e. The van der Waals surface area contributed by atoms with Crippen LogP contribution in [0.15, 0.2) is 16.8 Å². The normalized spacial score (nSPS) is 15.6. The van der Waals surface area contributed by atoms with Crippen LogP contribution in [0, 0.1) is 5.92 Å². The highest BCUT2D eigenvalue weighted by Crippen LogP contribution is 2.23. The van der Waals surface area contributed by atoms with Gasteiger partial charge in [0.1, 0.15) is 0 Å². The topological polar surface area (TPSA) is 35.2 Å². The van der Waals surface area contributed by atoms with E-state index in [2.05, 4.69) is 23.8 Å². The van der Waals surface area contributed by atoms with Gasteiger partial charge in [0.15, 0.2) is 0 Å². The zero-order chi connectivity index (χ0) is 9.68. The summed E-state index contributed by atoms with van der Waals surface area (Å²) in [4.78, 5) is 0. The largest absolute Gasteiger partial charge is 0.385 e. The van der Waals surface area contributed by atoms with Crippen molar-refractivity contribution in [1.82, 2.24) is 0 Å². The van der Waals surface area contributed by atoms with Crippen molar-refractivity contribution in [1.29, 1.82) is 0 Å². The van der Waals surface area contributed by atoms with Crippen molar-refractivity contribution in [3.05, 3.63) is 22.4 Å². The van der Waals surface area contributed by atoms with E-state index < -0.39 is 0 Å². The molecule has 0 aliphatic heterocycles. The molecule has 1 aromatic heterocycles. The number of hydrogen-bond donors (Lipinski definition) is 1. The number of ether oxygens (including phenoxy) is 1. The smallest absolute Gasteiger partial charge is 0.0465 e. The second-order valence-electron chi connectivity index (χ2n) is 3.34. The van der Waals surface area contributed by atoms with Crippen LogP contribution in [0.5, 0.6) is 0 Å². The van der Waals surface area contributed by atoms with Gasteiger partial charge in [-0.1, -0.05) is 6.92 Å². The highest BCUT2D eigenvalue weighted by molar-refractivity contribution is 7.07. The predicted molar refractivity (Wildman–Crippen MR) is 56.9 cm³/mol. The fourth-order valence-electron chi connectivity index (χ4n) is 1.28. The van der Waals surface area contributed by atoms with Crippen LogP contribution in [0.4, 0.5) is 0 Å². The van der Waals surface area contributed by atoms with Crippen LogP contribution in [-0.2, 0) is 4.74 Å². The number of hydrogen-bond acceptors (Lipinski definition) is 3. The summed E-state index contributed by atoms with van der Waals surface area (Å²) in [6.45, 7) is 2.96. The van der Waals surface area contributed by atoms with Gasteiger partial charge in [-0.3, -0.25) is 0 Å². The molecule has 1 rings (SSSR count). The van der Waals surface area contributed by atoms with Gasteiger partial charge in [0, 0.05) is 19.8 Å². The highest BCUT2D eigenvalue weighted by Gasteiger charge is 2.14. The Morgan fingerprint density at radius 2 is 2.38 bits per heavy atom. The molecule has 2 atom stereocenters. The van der Waals surface area contributed by atoms with E-state index in [0.29, 0.717) is 5.92 Å². The quantitative estimate of drug-likeness (QED) is 0.790. The average Bonchev–Trinajstić information content (AvgIpc) is 2.65. The summed E-state index contributed by atoms with van der Waals surface area (Å²) >= 11 is 1.70. The zero-order valence-corrected chi connectivity index (χ0v) is 9.01. The van der Waals surface area contributed by atoms with Crippen LogP contribution in [0.3, 0.4) is 0 Å². The molecular weight excluding hydrogens is 182 g/mol. The van der Waals surface area contributed by atoms with E-state index in [1.165, 1.54) is 5.56 Å². The zero-order valence-electron chi connectivity index (χ0n) is 8.19. The summed E-state index contributed by atoms with van der Waals surface area (Å²) in [5, 5.41) is 4.19. The van der Waals surface area contributed by atoms with Crippen LogP contribution in [0.25, 0.3) is 0 Å². The maximum atomic E-state index is 6.07. The number of rotatable bonds is 5. The Bertz CT molecular complexity index is 223. The standard InChI is InChI=1S/C10H17NOS/c1-8(3-5-12-2)10(11)9-4-6-13-7-9/h4,6-8,10H,3,5,11H2,1-2H3. The molecule has 0 fully saturated rings. The molecular formula is C10H17NOS. The Morgan fingerprint density at radius 3 is 2.92 bits per heavy atom. The van der Waals surface area contributed by atoms with Crippen molar-refractivity contribution in [3.63, 3.8) is 0 Å². The lowest BCUT2D eigenvalue weighted by atomic mass is 9.95. The molecule has 0 spiro atoms. The second kappa shape index (κ2) is 5.37. The Morgan fingerprint density at radius 1 is 1.62 bits per heavy atom. The molecule has 2 nitrogen and oxygen atoms in total. The van der Waals surface area contributed by atoms with Gasteiger partial charge in [0.05, 0.1) is 0 Å². The van der Waals surface area contributed by atoms with Crippen LogP contribution in [0.1, 0.15) is 24.9 Å². The molecule has 0 aromatic carbocycles. The summed E-state index contributed by atoms with van der Waals surface area (Å²) in [6, 6.07) is 2.25. The predicted octanol–water partition coefficient (Wildman–Crippen LogP) is 2.42. The third kappa shape index (κ3) is 3.10. The number of nitrogens with two attached hydrogens (primary N) is 1. The first-order valence-corrected chi connectivity index (χ1v) is 5.46. The lowest BCUT2D eigenvalue weighted by molar-refractivity contribution is 0.174. The van der Waals surface area contributed by atoms with Crippen molar-refractivity contribution >= 4 is 11.3 Å². The van der Waals surface area contributed by atoms with Gasteiger partial charge >= 0.3 is 0 Å². The van der Waals surface area contributed by atoms with Gasteiger partial charge in [-0.05, 0) is 34.7 Å². The maximum Gasteiger partial charge on any atom is 0.0465 e. The molecule has 2 unspecified atom stereocenters. The van der Waals surface area contributed by atoms with E-state index in [1.54, 1.807) is 18.4 Å². The number of methoxy groups -OCH3 is 1. The molecule has 0 radical (unpaired) electrons. The van der Waals surface area contributed by atoms with Crippen molar-refractivity contribution in [3.8, 4) is 0 Å². The molecule has 0 amide bonds. The molecule has 74 valence electrons. The molecule has 0 saturated carbocycles. The Labute approximate surface area is 83.7 Å². The van der Waals surface area contributed by atoms with Crippen LogP contribution < -0.4 is 5.73 Å². The fourth-order valence-corrected chi connectivity index (χ4v) is 1.98. The van der Waals surface area contributed by atoms with E-state index >= 15 is 0 Å². The summed E-state index contributed by atoms with van der Waals surface area (Å²) in [7, 11) is 1.73. The molecule has 1 heterocycles. The van der Waals surface area contributed by atoms with E-state index in [1.807, 2.05) is 0 Å². The summed E-state index contributed by atoms with van der Waals surface area (Å²) in [6.07, 6.45) is 1.02. The molecule has 3 heteroatoms. The van der Waals surface area contributed by atoms with Gasteiger partial charge in [0.25, 0.3) is 0 Å². The Balaban J connectivity index is 2.43. The van der Waals surface area contributed by atoms with Crippen molar-refractivity contribution < 1.29 is 4.74 Å². The number of thiophene rings is 1. The van der Waals surface area contributed by atoms with Crippen molar-refractivity contribution in [2.75, 3.05) is 13.7 Å². The SMILES string of the molecule is COCCC(C)C(N)c1ccsc1. The minimum absolute atomic E-state index is 0.154. The monoisotopic (exact) mass is 199 g/mol. The summed E-state index contributed by atoms with van der Waals surface area (Å²) in [5.74, 6) is 0.481. The van der Waals surface area contributed by atoms with Crippen molar-refractivity contribution in [2.24, 2.45) is 11.7 Å². The van der Waals surface area contributed by atoms with Gasteiger partial charge in [-0.15, -0.1) is 0 Å². The van der Waals surface area contributed by atoms with E-state index in [-0.39, 0.29) is 6.04 Å². The molecule has 0 bridgehead atoms. The van der Waals surface area contributed by atoms with Crippen LogP contribution >= 0.6 is 11.3 Å². The third-order valence-electron chi connectivity index (χ3n) is 2.32. The summed E-state index contributed by atoms with van der Waals surface area (Å²) in [5.41, 5.74) is 7.32. The van der Waals surface area contributed by atoms with E-state index in [4.69, 9.17) is 10.5 Å². The molecule has 0 aliphatic rings. The first kappa shape index (κ1) is 10.7. The van der Waals surface area contributed by atoms with Gasteiger partial charge < -0.3 is 10.5 Å². The molecule has 2 N–H and O–H groups in total. The molecule has 0 aliphatic carbocycles. The minimum atomic E-state index is 0.154. The second-order valence-corrected chi connectivity index (χ2v) is 4.12. The van der Waals surface area contributed by atoms with E-state index in [9.17, 15) is 0 Å². The maximum absolute atomic E-state index is 6.07. The fraction of sp³-hybridized carbons (Fsp3) is 0.600. The Hall–Kier alpha value is -0.380. The molecule has 0 saturated heterocycles. The van der Waals surface area contributed by atoms with Gasteiger partial charge in [-0.2, -0.15) is 11.3 Å². The van der Waals surface area contributed by atoms with E-state index in [0.717, 1.165) is 13.0 Å². The molecule has 13 heavy (non-hydrogen) atoms. The lowest BCUT2D eigenvalue weighted by Gasteiger charge is -2.18. The first-order valence-electron chi connectivity index (χ1n) is 4.52. The highest BCUT2D eigenvalue weighted by atomic mass is 32.1. The molecule has 1 aromatic rings. The lowest BCUT2D eigenvalue weighted by Crippen LogP contribution is -2.19. The Kier molecular flexibility index (Phi) is 4.42. The van der Waals surface area contributed by atoms with Crippen LogP contribution in [0.2, 0.25) is 0 Å². The van der Waals surface area contributed by atoms with Gasteiger partial charge in [0.2, 0.25) is 0 Å².